The summed E-state index contributed by atoms with van der Waals surface area (Å²) in [5.74, 6) is 0. The summed E-state index contributed by atoms with van der Waals surface area (Å²) in [5.41, 5.74) is 0.916. The molecule has 0 bridgehead atoms. The minimum atomic E-state index is 0.916. The molecule has 0 aromatic rings. The summed E-state index contributed by atoms with van der Waals surface area (Å²) in [6, 6.07) is 0. The van der Waals surface area contributed by atoms with Gasteiger partial charge in [-0.25, -0.2) is 0 Å². The van der Waals surface area contributed by atoms with Gasteiger partial charge in [-0.3, -0.25) is 0 Å². The lowest BCUT2D eigenvalue weighted by molar-refractivity contribution is 1.10. The van der Waals surface area contributed by atoms with E-state index in [4.69, 9.17) is 0 Å². The molecule has 0 saturated carbocycles. The highest BCUT2D eigenvalue weighted by Gasteiger charge is 1.71. The highest BCUT2D eigenvalue weighted by molar-refractivity contribution is 5.24. The van der Waals surface area contributed by atoms with Gasteiger partial charge < -0.3 is 5.32 Å². The Labute approximate surface area is 50.4 Å². The van der Waals surface area contributed by atoms with Crippen LogP contribution in [0.5, 0.6) is 0 Å². The van der Waals surface area contributed by atoms with Crippen molar-refractivity contribution >= 4 is 0 Å². The van der Waals surface area contributed by atoms with Crippen LogP contribution in [0.1, 0.15) is 0 Å². The molecule has 0 unspecified atom stereocenters. The zero-order valence-corrected chi connectivity index (χ0v) is 5.15. The third-order valence-electron chi connectivity index (χ3n) is 0.726. The molecule has 0 spiro atoms. The van der Waals surface area contributed by atoms with Crippen molar-refractivity contribution in [3.63, 3.8) is 0 Å². The fraction of sp³-hybridized carbons (Fsp3) is 0.143. The smallest absolute Gasteiger partial charge is 0.00277 e. The first-order valence-corrected chi connectivity index (χ1v) is 2.46. The van der Waals surface area contributed by atoms with Crippen LogP contribution in [0.2, 0.25) is 0 Å². The maximum atomic E-state index is 3.67. The fourth-order valence-corrected chi connectivity index (χ4v) is 0.258. The van der Waals surface area contributed by atoms with E-state index < -0.39 is 0 Å². The monoisotopic (exact) mass is 109 g/mol. The van der Waals surface area contributed by atoms with Gasteiger partial charge >= 0.3 is 0 Å². The van der Waals surface area contributed by atoms with Crippen LogP contribution in [0, 0.1) is 0 Å². The van der Waals surface area contributed by atoms with Crippen LogP contribution in [-0.2, 0) is 0 Å². The average Bonchev–Trinajstić information content (AvgIpc) is 1.83. The van der Waals surface area contributed by atoms with Crippen molar-refractivity contribution in [2.45, 2.75) is 0 Å². The molecule has 1 N–H and O–H groups in total. The van der Waals surface area contributed by atoms with E-state index >= 15 is 0 Å². The van der Waals surface area contributed by atoms with Crippen molar-refractivity contribution in [2.75, 3.05) is 7.05 Å². The fourth-order valence-electron chi connectivity index (χ4n) is 0.258. The molecule has 0 aromatic carbocycles. The van der Waals surface area contributed by atoms with E-state index in [1.54, 1.807) is 6.08 Å². The van der Waals surface area contributed by atoms with Crippen LogP contribution in [0.25, 0.3) is 0 Å². The van der Waals surface area contributed by atoms with Gasteiger partial charge in [0.1, 0.15) is 0 Å². The molecule has 44 valence electrons. The Bertz CT molecular complexity index is 112. The topological polar surface area (TPSA) is 12.0 Å². The SMILES string of the molecule is C=CC(=C)/C=C\NC. The van der Waals surface area contributed by atoms with Crippen molar-refractivity contribution in [3.05, 3.63) is 37.1 Å². The first-order chi connectivity index (χ1) is 3.81. The Hall–Kier alpha value is -0.980. The van der Waals surface area contributed by atoms with Crippen LogP contribution in [-0.4, -0.2) is 7.05 Å². The summed E-state index contributed by atoms with van der Waals surface area (Å²) < 4.78 is 0. The predicted molar refractivity (Wildman–Crippen MR) is 37.5 cm³/mol. The van der Waals surface area contributed by atoms with Gasteiger partial charge in [0.25, 0.3) is 0 Å². The molecule has 0 saturated heterocycles. The van der Waals surface area contributed by atoms with E-state index in [1.165, 1.54) is 0 Å². The summed E-state index contributed by atoms with van der Waals surface area (Å²) in [5, 5.41) is 2.84. The van der Waals surface area contributed by atoms with Crippen LogP contribution < -0.4 is 5.32 Å². The summed E-state index contributed by atoms with van der Waals surface area (Å²) >= 11 is 0. The second-order valence-electron chi connectivity index (χ2n) is 1.40. The molecule has 0 aliphatic carbocycles. The van der Waals surface area contributed by atoms with Crippen molar-refractivity contribution in [2.24, 2.45) is 0 Å². The first kappa shape index (κ1) is 7.02. The molecule has 0 fully saturated rings. The van der Waals surface area contributed by atoms with Gasteiger partial charge in [0.2, 0.25) is 0 Å². The molecule has 0 heterocycles. The Morgan fingerprint density at radius 3 is 2.62 bits per heavy atom. The van der Waals surface area contributed by atoms with Crippen LogP contribution >= 0.6 is 0 Å². The minimum absolute atomic E-state index is 0.916. The molecular formula is C7H11N. The normalized spacial score (nSPS) is 9.12. The maximum absolute atomic E-state index is 3.67. The summed E-state index contributed by atoms with van der Waals surface area (Å²) in [6.07, 6.45) is 5.37. The van der Waals surface area contributed by atoms with E-state index in [0.717, 1.165) is 5.57 Å². The van der Waals surface area contributed by atoms with Crippen molar-refractivity contribution in [1.82, 2.24) is 5.32 Å². The number of allylic oxidation sites excluding steroid dienone is 3. The minimum Gasteiger partial charge on any atom is -0.394 e. The molecule has 0 rings (SSSR count). The lowest BCUT2D eigenvalue weighted by Crippen LogP contribution is -1.90. The van der Waals surface area contributed by atoms with Gasteiger partial charge in [-0.2, -0.15) is 0 Å². The summed E-state index contributed by atoms with van der Waals surface area (Å²) in [6.45, 7) is 7.20. The van der Waals surface area contributed by atoms with Gasteiger partial charge in [-0.05, 0) is 17.8 Å². The van der Waals surface area contributed by atoms with Crippen molar-refractivity contribution in [3.8, 4) is 0 Å². The second kappa shape index (κ2) is 4.19. The number of nitrogens with one attached hydrogen (secondary N) is 1. The Morgan fingerprint density at radius 2 is 2.25 bits per heavy atom. The van der Waals surface area contributed by atoms with Crippen molar-refractivity contribution < 1.29 is 0 Å². The van der Waals surface area contributed by atoms with Gasteiger partial charge in [0, 0.05) is 7.05 Å². The molecule has 0 aromatic heterocycles. The van der Waals surface area contributed by atoms with Gasteiger partial charge in [0.05, 0.1) is 0 Å². The zero-order chi connectivity index (χ0) is 6.41. The summed E-state index contributed by atoms with van der Waals surface area (Å²) in [7, 11) is 1.84. The average molecular weight is 109 g/mol. The summed E-state index contributed by atoms with van der Waals surface area (Å²) in [4.78, 5) is 0. The Morgan fingerprint density at radius 1 is 1.62 bits per heavy atom. The molecule has 1 heteroatoms. The number of rotatable bonds is 3. The first-order valence-electron chi connectivity index (χ1n) is 2.46. The van der Waals surface area contributed by atoms with E-state index in [1.807, 2.05) is 19.3 Å². The maximum Gasteiger partial charge on any atom is 0.00277 e. The molecular weight excluding hydrogens is 98.1 g/mol. The molecule has 0 amide bonds. The lowest BCUT2D eigenvalue weighted by atomic mass is 10.3. The zero-order valence-electron chi connectivity index (χ0n) is 5.15. The number of hydrogen-bond acceptors (Lipinski definition) is 1. The largest absolute Gasteiger partial charge is 0.394 e. The lowest BCUT2D eigenvalue weighted by Gasteiger charge is -1.85. The molecule has 0 atom stereocenters. The molecule has 8 heavy (non-hydrogen) atoms. The Kier molecular flexibility index (Phi) is 3.67. The predicted octanol–water partition coefficient (Wildman–Crippen LogP) is 1.46. The van der Waals surface area contributed by atoms with Crippen LogP contribution in [0.15, 0.2) is 37.1 Å². The van der Waals surface area contributed by atoms with E-state index in [9.17, 15) is 0 Å². The van der Waals surface area contributed by atoms with Crippen LogP contribution in [0.3, 0.4) is 0 Å². The Balaban J connectivity index is 3.52. The van der Waals surface area contributed by atoms with E-state index in [-0.39, 0.29) is 0 Å². The van der Waals surface area contributed by atoms with Gasteiger partial charge in [-0.1, -0.05) is 19.2 Å². The van der Waals surface area contributed by atoms with E-state index in [2.05, 4.69) is 18.5 Å². The van der Waals surface area contributed by atoms with Gasteiger partial charge in [-0.15, -0.1) is 0 Å². The van der Waals surface area contributed by atoms with E-state index in [0.29, 0.717) is 0 Å². The van der Waals surface area contributed by atoms with Gasteiger partial charge in [0.15, 0.2) is 0 Å². The molecule has 1 nitrogen and oxygen atoms in total. The van der Waals surface area contributed by atoms with Crippen molar-refractivity contribution in [1.29, 1.82) is 0 Å². The second-order valence-corrected chi connectivity index (χ2v) is 1.40. The highest BCUT2D eigenvalue weighted by Crippen LogP contribution is 1.89. The third-order valence-corrected chi connectivity index (χ3v) is 0.726. The number of hydrogen-bond donors (Lipinski definition) is 1. The quantitative estimate of drug-likeness (QED) is 0.541. The molecule has 0 radical (unpaired) electrons. The molecule has 0 aliphatic heterocycles. The standard InChI is InChI=1S/C7H11N/c1-4-7(2)5-6-8-3/h4-6,8H,1-2H2,3H3/b6-5-. The molecule has 0 aliphatic rings. The third kappa shape index (κ3) is 3.22. The highest BCUT2D eigenvalue weighted by atomic mass is 14.8. The van der Waals surface area contributed by atoms with Crippen LogP contribution in [0.4, 0.5) is 0 Å².